The van der Waals surface area contributed by atoms with Crippen molar-refractivity contribution in [2.45, 2.75) is 34.1 Å². The number of aryl methyl sites for hydroxylation is 1. The van der Waals surface area contributed by atoms with E-state index < -0.39 is 5.97 Å². The zero-order chi connectivity index (χ0) is 18.6. The van der Waals surface area contributed by atoms with Gasteiger partial charge in [-0.05, 0) is 38.8 Å². The van der Waals surface area contributed by atoms with Crippen LogP contribution in [0.4, 0.5) is 5.00 Å². The highest BCUT2D eigenvalue weighted by Crippen LogP contribution is 2.33. The van der Waals surface area contributed by atoms with E-state index in [1.54, 1.807) is 31.2 Å². The van der Waals surface area contributed by atoms with Crippen molar-refractivity contribution in [3.8, 4) is 0 Å². The lowest BCUT2D eigenvalue weighted by Crippen LogP contribution is -2.16. The molecule has 0 atom stereocenters. The van der Waals surface area contributed by atoms with Gasteiger partial charge in [-0.2, -0.15) is 0 Å². The lowest BCUT2D eigenvalue weighted by molar-refractivity contribution is -0.115. The number of carbonyl (C=O) groups is 3. The Kier molecular flexibility index (Phi) is 6.09. The van der Waals surface area contributed by atoms with E-state index in [0.29, 0.717) is 16.1 Å². The van der Waals surface area contributed by atoms with E-state index in [0.717, 1.165) is 16.0 Å². The number of rotatable bonds is 6. The average molecular weight is 359 g/mol. The van der Waals surface area contributed by atoms with Gasteiger partial charge in [0.15, 0.2) is 5.78 Å². The highest BCUT2D eigenvalue weighted by atomic mass is 32.1. The molecule has 0 fully saturated rings. The number of anilines is 1. The van der Waals surface area contributed by atoms with Crippen LogP contribution in [-0.4, -0.2) is 24.3 Å². The minimum absolute atomic E-state index is 0.0142. The Morgan fingerprint density at radius 2 is 1.76 bits per heavy atom. The van der Waals surface area contributed by atoms with Crippen LogP contribution in [0.15, 0.2) is 24.3 Å². The molecule has 6 heteroatoms. The molecular weight excluding hydrogens is 338 g/mol. The monoisotopic (exact) mass is 359 g/mol. The van der Waals surface area contributed by atoms with Gasteiger partial charge in [-0.15, -0.1) is 11.3 Å². The van der Waals surface area contributed by atoms with Gasteiger partial charge in [0.2, 0.25) is 5.91 Å². The summed E-state index contributed by atoms with van der Waals surface area (Å²) in [5, 5.41) is 3.32. The van der Waals surface area contributed by atoms with Gasteiger partial charge in [-0.25, -0.2) is 4.79 Å². The van der Waals surface area contributed by atoms with Gasteiger partial charge < -0.3 is 10.1 Å². The number of carbonyl (C=O) groups excluding carboxylic acids is 3. The Morgan fingerprint density at radius 3 is 2.32 bits per heavy atom. The minimum Gasteiger partial charge on any atom is -0.462 e. The van der Waals surface area contributed by atoms with Crippen molar-refractivity contribution in [3.05, 3.63) is 51.4 Å². The molecule has 1 N–H and O–H groups in total. The van der Waals surface area contributed by atoms with Crippen LogP contribution in [0.25, 0.3) is 0 Å². The van der Waals surface area contributed by atoms with Crippen LogP contribution >= 0.6 is 11.3 Å². The van der Waals surface area contributed by atoms with Gasteiger partial charge in [-0.1, -0.05) is 24.3 Å². The van der Waals surface area contributed by atoms with Gasteiger partial charge in [0.25, 0.3) is 0 Å². The number of hydrogen-bond donors (Lipinski definition) is 1. The van der Waals surface area contributed by atoms with Crippen molar-refractivity contribution in [3.63, 3.8) is 0 Å². The van der Waals surface area contributed by atoms with E-state index in [2.05, 4.69) is 5.32 Å². The molecular formula is C19H21NO4S. The first-order valence-electron chi connectivity index (χ1n) is 8.00. The first kappa shape index (κ1) is 18.9. The number of ether oxygens (including phenoxy) is 1. The second-order valence-electron chi connectivity index (χ2n) is 5.69. The molecule has 0 spiro atoms. The summed E-state index contributed by atoms with van der Waals surface area (Å²) >= 11 is 1.36. The van der Waals surface area contributed by atoms with E-state index >= 15 is 0 Å². The molecule has 0 aliphatic heterocycles. The molecule has 0 aliphatic carbocycles. The summed E-state index contributed by atoms with van der Waals surface area (Å²) < 4.78 is 5.08. The van der Waals surface area contributed by atoms with Crippen molar-refractivity contribution in [2.75, 3.05) is 11.9 Å². The largest absolute Gasteiger partial charge is 0.462 e. The van der Waals surface area contributed by atoms with Crippen LogP contribution in [0, 0.1) is 13.8 Å². The maximum absolute atomic E-state index is 12.3. The predicted molar refractivity (Wildman–Crippen MR) is 98.5 cm³/mol. The Morgan fingerprint density at radius 1 is 1.12 bits per heavy atom. The number of Topliss-reactive ketones (excluding diaryl/α,β-unsaturated/α-hetero) is 1. The highest BCUT2D eigenvalue weighted by Gasteiger charge is 2.22. The van der Waals surface area contributed by atoms with E-state index in [1.165, 1.54) is 18.3 Å². The summed E-state index contributed by atoms with van der Waals surface area (Å²) in [6, 6.07) is 6.92. The molecule has 0 saturated heterocycles. The second kappa shape index (κ2) is 8.07. The quantitative estimate of drug-likeness (QED) is 0.627. The number of ketones is 1. The minimum atomic E-state index is -0.425. The Labute approximate surface area is 151 Å². The highest BCUT2D eigenvalue weighted by molar-refractivity contribution is 7.16. The van der Waals surface area contributed by atoms with Crippen LogP contribution in [0.3, 0.4) is 0 Å². The lowest BCUT2D eigenvalue weighted by atomic mass is 10.1. The molecule has 1 aromatic carbocycles. The summed E-state index contributed by atoms with van der Waals surface area (Å²) in [6.07, 6.45) is 0.163. The zero-order valence-corrected chi connectivity index (χ0v) is 15.6. The molecule has 1 heterocycles. The van der Waals surface area contributed by atoms with Crippen LogP contribution in [-0.2, 0) is 16.0 Å². The average Bonchev–Trinajstić information content (AvgIpc) is 2.82. The molecule has 0 aliphatic rings. The second-order valence-corrected chi connectivity index (χ2v) is 6.91. The molecule has 1 aromatic heterocycles. The van der Waals surface area contributed by atoms with Crippen molar-refractivity contribution in [1.82, 2.24) is 0 Å². The van der Waals surface area contributed by atoms with Crippen LogP contribution in [0.5, 0.6) is 0 Å². The van der Waals surface area contributed by atoms with E-state index in [9.17, 15) is 14.4 Å². The van der Waals surface area contributed by atoms with Crippen LogP contribution < -0.4 is 5.32 Å². The number of esters is 1. The smallest absolute Gasteiger partial charge is 0.341 e. The number of amides is 1. The van der Waals surface area contributed by atoms with Gasteiger partial charge >= 0.3 is 5.97 Å². The van der Waals surface area contributed by atoms with Gasteiger partial charge in [0, 0.05) is 10.4 Å². The number of hydrogen-bond acceptors (Lipinski definition) is 5. The van der Waals surface area contributed by atoms with E-state index in [1.807, 2.05) is 13.8 Å². The SMILES string of the molecule is CCOC(=O)c1c(NC(=O)Cc2ccc(C(C)=O)cc2)sc(C)c1C. The molecule has 25 heavy (non-hydrogen) atoms. The Bertz CT molecular complexity index is 806. The molecule has 2 aromatic rings. The summed E-state index contributed by atoms with van der Waals surface area (Å²) in [7, 11) is 0. The third kappa shape index (κ3) is 4.54. The molecule has 0 bridgehead atoms. The lowest BCUT2D eigenvalue weighted by Gasteiger charge is -2.07. The normalized spacial score (nSPS) is 10.4. The van der Waals surface area contributed by atoms with E-state index in [4.69, 9.17) is 4.74 Å². The van der Waals surface area contributed by atoms with Crippen molar-refractivity contribution >= 4 is 34.0 Å². The third-order valence-corrected chi connectivity index (χ3v) is 4.97. The molecule has 5 nitrogen and oxygen atoms in total. The molecule has 0 unspecified atom stereocenters. The first-order chi connectivity index (χ1) is 11.8. The zero-order valence-electron chi connectivity index (χ0n) is 14.8. The van der Waals surface area contributed by atoms with Crippen LogP contribution in [0.1, 0.15) is 50.6 Å². The van der Waals surface area contributed by atoms with Crippen LogP contribution in [0.2, 0.25) is 0 Å². The fraction of sp³-hybridized carbons (Fsp3) is 0.316. The van der Waals surface area contributed by atoms with Crippen molar-refractivity contribution in [2.24, 2.45) is 0 Å². The standard InChI is InChI=1S/C19H21NO4S/c1-5-24-19(23)17-11(2)13(4)25-18(17)20-16(22)10-14-6-8-15(9-7-14)12(3)21/h6-9H,5,10H2,1-4H3,(H,20,22). The van der Waals surface area contributed by atoms with Crippen molar-refractivity contribution in [1.29, 1.82) is 0 Å². The topological polar surface area (TPSA) is 72.5 Å². The summed E-state index contributed by atoms with van der Waals surface area (Å²) in [5.41, 5.74) is 2.65. The summed E-state index contributed by atoms with van der Waals surface area (Å²) in [6.45, 7) is 7.27. The molecule has 0 saturated carbocycles. The number of nitrogens with one attached hydrogen (secondary N) is 1. The fourth-order valence-electron chi connectivity index (χ4n) is 2.38. The number of benzene rings is 1. The fourth-order valence-corrected chi connectivity index (χ4v) is 3.44. The maximum atomic E-state index is 12.3. The predicted octanol–water partition coefficient (Wildman–Crippen LogP) is 3.93. The number of thiophene rings is 1. The van der Waals surface area contributed by atoms with Gasteiger partial charge in [0.05, 0.1) is 18.6 Å². The molecule has 1 amide bonds. The molecule has 0 radical (unpaired) electrons. The molecule has 2 rings (SSSR count). The third-order valence-electron chi connectivity index (χ3n) is 3.84. The summed E-state index contributed by atoms with van der Waals surface area (Å²) in [5.74, 6) is -0.660. The Balaban J connectivity index is 2.14. The van der Waals surface area contributed by atoms with Crippen molar-refractivity contribution < 1.29 is 19.1 Å². The molecule has 132 valence electrons. The first-order valence-corrected chi connectivity index (χ1v) is 8.82. The Hall–Kier alpha value is -2.47. The summed E-state index contributed by atoms with van der Waals surface area (Å²) in [4.78, 5) is 36.7. The van der Waals surface area contributed by atoms with Gasteiger partial charge in [-0.3, -0.25) is 9.59 Å². The van der Waals surface area contributed by atoms with Gasteiger partial charge in [0.1, 0.15) is 5.00 Å². The van der Waals surface area contributed by atoms with E-state index in [-0.39, 0.29) is 24.7 Å². The maximum Gasteiger partial charge on any atom is 0.341 e.